The Balaban J connectivity index is 1.83. The first-order valence-electron chi connectivity index (χ1n) is 11.5. The second-order valence-corrected chi connectivity index (χ2v) is 9.94. The van der Waals surface area contributed by atoms with E-state index in [0.717, 1.165) is 11.1 Å². The van der Waals surface area contributed by atoms with Crippen molar-refractivity contribution in [2.24, 2.45) is 0 Å². The van der Waals surface area contributed by atoms with Gasteiger partial charge in [-0.15, -0.1) is 0 Å². The largest absolute Gasteiger partial charge is 0.497 e. The molecule has 0 saturated carbocycles. The normalized spacial score (nSPS) is 13.0. The van der Waals surface area contributed by atoms with Crippen LogP contribution in [0.5, 0.6) is 11.5 Å². The van der Waals surface area contributed by atoms with Crippen molar-refractivity contribution in [3.8, 4) is 11.5 Å². The van der Waals surface area contributed by atoms with Crippen LogP contribution in [0.3, 0.4) is 0 Å². The first kappa shape index (κ1) is 26.2. The summed E-state index contributed by atoms with van der Waals surface area (Å²) in [4.78, 5) is 13.4. The molecular formula is C27H32N2O5S. The molecule has 35 heavy (non-hydrogen) atoms. The van der Waals surface area contributed by atoms with E-state index < -0.39 is 22.0 Å². The molecule has 0 heterocycles. The van der Waals surface area contributed by atoms with E-state index in [1.807, 2.05) is 68.4 Å². The fourth-order valence-corrected chi connectivity index (χ4v) is 4.97. The molecule has 0 aromatic heterocycles. The number of nitrogens with one attached hydrogen (secondary N) is 2. The number of hydrogen-bond donors (Lipinski definition) is 2. The predicted molar refractivity (Wildman–Crippen MR) is 136 cm³/mol. The van der Waals surface area contributed by atoms with Crippen molar-refractivity contribution in [2.45, 2.75) is 44.2 Å². The highest BCUT2D eigenvalue weighted by molar-refractivity contribution is 7.89. The number of sulfonamides is 1. The number of carbonyl (C=O) groups excluding carboxylic acids is 1. The summed E-state index contributed by atoms with van der Waals surface area (Å²) in [5, 5.41) is 2.94. The molecule has 0 saturated heterocycles. The molecule has 2 unspecified atom stereocenters. The van der Waals surface area contributed by atoms with Crippen molar-refractivity contribution in [1.82, 2.24) is 10.0 Å². The Bertz CT molecular complexity index is 1230. The molecule has 8 heteroatoms. The Hall–Kier alpha value is -3.36. The summed E-state index contributed by atoms with van der Waals surface area (Å²) >= 11 is 0. The summed E-state index contributed by atoms with van der Waals surface area (Å²) in [7, 11) is -2.38. The van der Waals surface area contributed by atoms with Gasteiger partial charge in [0, 0.05) is 0 Å². The molecule has 0 bridgehead atoms. The quantitative estimate of drug-likeness (QED) is 0.416. The predicted octanol–water partition coefficient (Wildman–Crippen LogP) is 4.17. The number of benzene rings is 3. The van der Waals surface area contributed by atoms with Crippen LogP contribution in [0.4, 0.5) is 0 Å². The van der Waals surface area contributed by atoms with E-state index >= 15 is 0 Å². The van der Waals surface area contributed by atoms with Crippen LogP contribution in [-0.4, -0.2) is 34.1 Å². The van der Waals surface area contributed by atoms with E-state index in [9.17, 15) is 13.2 Å². The van der Waals surface area contributed by atoms with Crippen LogP contribution in [0, 0.1) is 6.92 Å². The lowest BCUT2D eigenvalue weighted by atomic mass is 10.0. The van der Waals surface area contributed by atoms with Gasteiger partial charge in [-0.3, -0.25) is 4.79 Å². The Morgan fingerprint density at radius 2 is 1.69 bits per heavy atom. The summed E-state index contributed by atoms with van der Waals surface area (Å²) < 4.78 is 39.8. The molecule has 1 amide bonds. The van der Waals surface area contributed by atoms with Crippen LogP contribution < -0.4 is 19.5 Å². The van der Waals surface area contributed by atoms with Crippen LogP contribution in [-0.2, 0) is 21.2 Å². The highest BCUT2D eigenvalue weighted by Gasteiger charge is 2.27. The number of ether oxygens (including phenoxy) is 2. The van der Waals surface area contributed by atoms with Gasteiger partial charge in [0.15, 0.2) is 0 Å². The fourth-order valence-electron chi connectivity index (χ4n) is 3.69. The van der Waals surface area contributed by atoms with Gasteiger partial charge in [-0.2, -0.15) is 4.72 Å². The molecule has 186 valence electrons. The number of aryl methyl sites for hydroxylation is 1. The summed E-state index contributed by atoms with van der Waals surface area (Å²) in [6.07, 6.45) is 0.206. The average Bonchev–Trinajstić information content (AvgIpc) is 2.85. The minimum Gasteiger partial charge on any atom is -0.497 e. The molecule has 0 aliphatic rings. The number of amides is 1. The summed E-state index contributed by atoms with van der Waals surface area (Å²) in [6, 6.07) is 20.0. The Morgan fingerprint density at radius 1 is 1.00 bits per heavy atom. The van der Waals surface area contributed by atoms with Gasteiger partial charge in [0.2, 0.25) is 15.9 Å². The SMILES string of the molecule is CCOc1ccc(S(=O)(=O)NC(Cc2ccccc2)C(=O)NC(C)c2ccc(OC)cc2)cc1C. The van der Waals surface area contributed by atoms with Crippen molar-refractivity contribution < 1.29 is 22.7 Å². The molecule has 3 aromatic rings. The summed E-state index contributed by atoms with van der Waals surface area (Å²) in [6.45, 7) is 5.99. The Labute approximate surface area is 207 Å². The summed E-state index contributed by atoms with van der Waals surface area (Å²) in [5.41, 5.74) is 2.42. The number of carbonyl (C=O) groups is 1. The molecule has 3 aromatic carbocycles. The lowest BCUT2D eigenvalue weighted by Gasteiger charge is -2.22. The zero-order valence-corrected chi connectivity index (χ0v) is 21.3. The van der Waals surface area contributed by atoms with Gasteiger partial charge >= 0.3 is 0 Å². The zero-order chi connectivity index (χ0) is 25.4. The van der Waals surface area contributed by atoms with Crippen LogP contribution in [0.25, 0.3) is 0 Å². The van der Waals surface area contributed by atoms with Gasteiger partial charge < -0.3 is 14.8 Å². The van der Waals surface area contributed by atoms with Gasteiger partial charge in [-0.25, -0.2) is 8.42 Å². The van der Waals surface area contributed by atoms with E-state index in [0.29, 0.717) is 23.7 Å². The van der Waals surface area contributed by atoms with Gasteiger partial charge in [-0.05, 0) is 74.2 Å². The molecule has 0 fully saturated rings. The third-order valence-corrected chi connectivity index (χ3v) is 7.10. The molecule has 2 atom stereocenters. The number of rotatable bonds is 11. The lowest BCUT2D eigenvalue weighted by Crippen LogP contribution is -2.48. The molecule has 0 aliphatic carbocycles. The standard InChI is InChI=1S/C27H32N2O5S/c1-5-34-26-16-15-24(17-19(26)2)35(31,32)29-25(18-21-9-7-6-8-10-21)27(30)28-20(3)22-11-13-23(33-4)14-12-22/h6-17,20,25,29H,5,18H2,1-4H3,(H,28,30). The minimum atomic E-state index is -3.97. The van der Waals surface area contributed by atoms with Crippen molar-refractivity contribution in [1.29, 1.82) is 0 Å². The molecular weight excluding hydrogens is 464 g/mol. The minimum absolute atomic E-state index is 0.0764. The Kier molecular flexibility index (Phi) is 8.89. The second-order valence-electron chi connectivity index (χ2n) is 8.23. The Morgan fingerprint density at radius 3 is 2.29 bits per heavy atom. The highest BCUT2D eigenvalue weighted by Crippen LogP contribution is 2.23. The summed E-state index contributed by atoms with van der Waals surface area (Å²) in [5.74, 6) is 0.925. The first-order chi connectivity index (χ1) is 16.7. The van der Waals surface area contributed by atoms with Gasteiger partial charge in [0.1, 0.15) is 17.5 Å². The molecule has 0 aliphatic heterocycles. The van der Waals surface area contributed by atoms with Crippen molar-refractivity contribution in [2.75, 3.05) is 13.7 Å². The maximum absolute atomic E-state index is 13.3. The molecule has 0 spiro atoms. The van der Waals surface area contributed by atoms with Gasteiger partial charge in [-0.1, -0.05) is 42.5 Å². The van der Waals surface area contributed by atoms with Gasteiger partial charge in [0.05, 0.1) is 24.7 Å². The van der Waals surface area contributed by atoms with Gasteiger partial charge in [0.25, 0.3) is 0 Å². The van der Waals surface area contributed by atoms with E-state index in [1.54, 1.807) is 26.2 Å². The second kappa shape index (κ2) is 11.9. The van der Waals surface area contributed by atoms with Crippen molar-refractivity contribution in [3.05, 3.63) is 89.5 Å². The highest BCUT2D eigenvalue weighted by atomic mass is 32.2. The monoisotopic (exact) mass is 496 g/mol. The van der Waals surface area contributed by atoms with E-state index in [-0.39, 0.29) is 17.4 Å². The van der Waals surface area contributed by atoms with Crippen molar-refractivity contribution in [3.63, 3.8) is 0 Å². The topological polar surface area (TPSA) is 93.7 Å². The number of hydrogen-bond acceptors (Lipinski definition) is 5. The molecule has 7 nitrogen and oxygen atoms in total. The van der Waals surface area contributed by atoms with E-state index in [1.165, 1.54) is 6.07 Å². The van der Waals surface area contributed by atoms with Crippen molar-refractivity contribution >= 4 is 15.9 Å². The lowest BCUT2D eigenvalue weighted by molar-refractivity contribution is -0.123. The maximum Gasteiger partial charge on any atom is 0.241 e. The van der Waals surface area contributed by atoms with Crippen LogP contribution in [0.2, 0.25) is 0 Å². The third kappa shape index (κ3) is 7.07. The number of methoxy groups -OCH3 is 1. The third-order valence-electron chi connectivity index (χ3n) is 5.63. The van der Waals surface area contributed by atoms with Crippen LogP contribution >= 0.6 is 0 Å². The smallest absolute Gasteiger partial charge is 0.241 e. The van der Waals surface area contributed by atoms with E-state index in [4.69, 9.17) is 9.47 Å². The molecule has 3 rings (SSSR count). The molecule has 0 radical (unpaired) electrons. The fraction of sp³-hybridized carbons (Fsp3) is 0.296. The zero-order valence-electron chi connectivity index (χ0n) is 20.4. The maximum atomic E-state index is 13.3. The van der Waals surface area contributed by atoms with Crippen LogP contribution in [0.15, 0.2) is 77.7 Å². The van der Waals surface area contributed by atoms with E-state index in [2.05, 4.69) is 10.0 Å². The molecule has 2 N–H and O–H groups in total. The van der Waals surface area contributed by atoms with Crippen LogP contribution in [0.1, 0.15) is 36.6 Å². The average molecular weight is 497 g/mol. The first-order valence-corrected chi connectivity index (χ1v) is 13.0.